The summed E-state index contributed by atoms with van der Waals surface area (Å²) in [4.78, 5) is 26.6. The van der Waals surface area contributed by atoms with Gasteiger partial charge in [0.15, 0.2) is 11.5 Å². The lowest BCUT2D eigenvalue weighted by Crippen LogP contribution is -2.35. The summed E-state index contributed by atoms with van der Waals surface area (Å²) < 4.78 is 1.41. The number of Topliss-reactive ketones (excluding diaryl/α,β-unsaturated/α-hetero) is 1. The number of aromatic nitrogens is 3. The fourth-order valence-corrected chi connectivity index (χ4v) is 2.63. The quantitative estimate of drug-likeness (QED) is 0.771. The predicted octanol–water partition coefficient (Wildman–Crippen LogP) is 2.46. The van der Waals surface area contributed by atoms with E-state index in [1.807, 2.05) is 32.9 Å². The molecule has 0 bridgehead atoms. The van der Waals surface area contributed by atoms with Crippen LogP contribution in [0.3, 0.4) is 0 Å². The Morgan fingerprint density at radius 2 is 1.93 bits per heavy atom. The maximum Gasteiger partial charge on any atom is 0.273 e. The molecular formula is C20H29N5O2. The van der Waals surface area contributed by atoms with E-state index in [0.29, 0.717) is 13.1 Å². The van der Waals surface area contributed by atoms with Crippen LogP contribution in [0, 0.1) is 12.3 Å². The first-order chi connectivity index (χ1) is 12.7. The summed E-state index contributed by atoms with van der Waals surface area (Å²) in [7, 11) is 0. The molecule has 1 aromatic heterocycles. The smallest absolute Gasteiger partial charge is 0.273 e. The maximum absolute atomic E-state index is 12.3. The molecule has 1 amide bonds. The predicted molar refractivity (Wildman–Crippen MR) is 106 cm³/mol. The van der Waals surface area contributed by atoms with E-state index in [1.165, 1.54) is 22.1 Å². The number of ketones is 1. The second-order valence-electron chi connectivity index (χ2n) is 7.60. The lowest BCUT2D eigenvalue weighted by molar-refractivity contribution is -0.127. The first kappa shape index (κ1) is 20.6. The lowest BCUT2D eigenvalue weighted by atomic mass is 9.91. The molecule has 0 fully saturated rings. The largest absolute Gasteiger partial charge is 0.370 e. The van der Waals surface area contributed by atoms with Gasteiger partial charge in [0.1, 0.15) is 6.54 Å². The summed E-state index contributed by atoms with van der Waals surface area (Å²) in [6.07, 6.45) is 1.51. The van der Waals surface area contributed by atoms with Crippen LogP contribution in [0.25, 0.3) is 0 Å². The number of para-hydroxylation sites is 1. The molecule has 0 spiro atoms. The molecule has 0 radical (unpaired) electrons. The molecule has 27 heavy (non-hydrogen) atoms. The Morgan fingerprint density at radius 1 is 1.22 bits per heavy atom. The third-order valence-electron chi connectivity index (χ3n) is 4.42. The van der Waals surface area contributed by atoms with Crippen molar-refractivity contribution < 1.29 is 9.59 Å². The minimum atomic E-state index is -0.451. The molecule has 2 rings (SSSR count). The summed E-state index contributed by atoms with van der Waals surface area (Å²) in [6, 6.07) is 8.19. The number of nitrogens with one attached hydrogen (secondary N) is 1. The van der Waals surface area contributed by atoms with Crippen LogP contribution in [0.1, 0.15) is 43.7 Å². The van der Waals surface area contributed by atoms with Crippen LogP contribution in [-0.2, 0) is 11.3 Å². The summed E-state index contributed by atoms with van der Waals surface area (Å²) >= 11 is 0. The molecule has 0 aliphatic carbocycles. The molecule has 2 aromatic rings. The summed E-state index contributed by atoms with van der Waals surface area (Å²) in [6.45, 7) is 11.9. The molecule has 1 N–H and O–H groups in total. The third kappa shape index (κ3) is 5.64. The molecule has 0 saturated heterocycles. The molecule has 7 heteroatoms. The highest BCUT2D eigenvalue weighted by Gasteiger charge is 2.22. The van der Waals surface area contributed by atoms with Gasteiger partial charge in [0.25, 0.3) is 5.91 Å². The zero-order chi connectivity index (χ0) is 20.0. The van der Waals surface area contributed by atoms with E-state index in [2.05, 4.69) is 46.5 Å². The van der Waals surface area contributed by atoms with Crippen molar-refractivity contribution in [3.8, 4) is 0 Å². The molecule has 7 nitrogen and oxygen atoms in total. The third-order valence-corrected chi connectivity index (χ3v) is 4.42. The second-order valence-corrected chi connectivity index (χ2v) is 7.60. The molecule has 0 atom stereocenters. The average molecular weight is 371 g/mol. The van der Waals surface area contributed by atoms with Crippen molar-refractivity contribution in [2.24, 2.45) is 5.41 Å². The molecule has 0 saturated carbocycles. The number of aryl methyl sites for hydroxylation is 1. The van der Waals surface area contributed by atoms with E-state index in [0.717, 1.165) is 6.54 Å². The molecule has 146 valence electrons. The summed E-state index contributed by atoms with van der Waals surface area (Å²) in [5.74, 6) is -0.249. The van der Waals surface area contributed by atoms with Crippen molar-refractivity contribution in [3.63, 3.8) is 0 Å². The van der Waals surface area contributed by atoms with Crippen LogP contribution in [0.4, 0.5) is 5.69 Å². The van der Waals surface area contributed by atoms with Crippen molar-refractivity contribution in [2.75, 3.05) is 24.5 Å². The van der Waals surface area contributed by atoms with Gasteiger partial charge in [-0.2, -0.15) is 0 Å². The SMILES string of the molecule is CCN(CCNC(=O)c1cn(CC(=O)C(C)(C)C)nn1)c1ccccc1C. The van der Waals surface area contributed by atoms with Crippen molar-refractivity contribution in [3.05, 3.63) is 41.7 Å². The molecule has 1 heterocycles. The Labute approximate surface area is 160 Å². The monoisotopic (exact) mass is 371 g/mol. The highest BCUT2D eigenvalue weighted by molar-refractivity contribution is 5.92. The van der Waals surface area contributed by atoms with Crippen molar-refractivity contribution in [1.82, 2.24) is 20.3 Å². The second kappa shape index (κ2) is 8.79. The van der Waals surface area contributed by atoms with E-state index in [4.69, 9.17) is 0 Å². The minimum absolute atomic E-state index is 0.0381. The van der Waals surface area contributed by atoms with Gasteiger partial charge in [-0.25, -0.2) is 4.68 Å². The Balaban J connectivity index is 1.89. The maximum atomic E-state index is 12.3. The zero-order valence-corrected chi connectivity index (χ0v) is 16.8. The van der Waals surface area contributed by atoms with Crippen LogP contribution >= 0.6 is 0 Å². The first-order valence-corrected chi connectivity index (χ1v) is 9.24. The van der Waals surface area contributed by atoms with Gasteiger partial charge >= 0.3 is 0 Å². The number of carbonyl (C=O) groups is 2. The molecule has 0 unspecified atom stereocenters. The van der Waals surface area contributed by atoms with Gasteiger partial charge in [-0.1, -0.05) is 44.2 Å². The Morgan fingerprint density at radius 3 is 2.56 bits per heavy atom. The van der Waals surface area contributed by atoms with Gasteiger partial charge in [0, 0.05) is 30.7 Å². The van der Waals surface area contributed by atoms with Crippen LogP contribution in [0.5, 0.6) is 0 Å². The number of amides is 1. The Bertz CT molecular complexity index is 792. The number of benzene rings is 1. The Hall–Kier alpha value is -2.70. The topological polar surface area (TPSA) is 80.1 Å². The van der Waals surface area contributed by atoms with E-state index in [-0.39, 0.29) is 23.9 Å². The average Bonchev–Trinajstić information content (AvgIpc) is 3.07. The van der Waals surface area contributed by atoms with Crippen LogP contribution < -0.4 is 10.2 Å². The molecular weight excluding hydrogens is 342 g/mol. The standard InChI is InChI=1S/C20H29N5O2/c1-6-24(17-10-8-7-9-15(17)2)12-11-21-19(27)16-13-25(23-22-16)14-18(26)20(3,4)5/h7-10,13H,6,11-12,14H2,1-5H3,(H,21,27). The zero-order valence-electron chi connectivity index (χ0n) is 16.8. The van der Waals surface area contributed by atoms with Crippen LogP contribution in [0.15, 0.2) is 30.5 Å². The lowest BCUT2D eigenvalue weighted by Gasteiger charge is -2.24. The normalized spacial score (nSPS) is 11.3. The van der Waals surface area contributed by atoms with E-state index in [1.54, 1.807) is 0 Å². The highest BCUT2D eigenvalue weighted by Crippen LogP contribution is 2.18. The Kier molecular flexibility index (Phi) is 6.71. The highest BCUT2D eigenvalue weighted by atomic mass is 16.2. The van der Waals surface area contributed by atoms with Crippen molar-refractivity contribution in [1.29, 1.82) is 0 Å². The number of hydrogen-bond acceptors (Lipinski definition) is 5. The minimum Gasteiger partial charge on any atom is -0.370 e. The van der Waals surface area contributed by atoms with Gasteiger partial charge in [0.05, 0.1) is 6.20 Å². The molecule has 0 aliphatic rings. The number of carbonyl (C=O) groups excluding carboxylic acids is 2. The van der Waals surface area contributed by atoms with E-state index in [9.17, 15) is 9.59 Å². The molecule has 1 aromatic carbocycles. The first-order valence-electron chi connectivity index (χ1n) is 9.24. The van der Waals surface area contributed by atoms with Crippen molar-refractivity contribution >= 4 is 17.4 Å². The molecule has 0 aliphatic heterocycles. The number of likely N-dealkylation sites (N-methyl/N-ethyl adjacent to an activating group) is 1. The summed E-state index contributed by atoms with van der Waals surface area (Å²) in [5, 5.41) is 10.6. The van der Waals surface area contributed by atoms with Crippen LogP contribution in [-0.4, -0.2) is 46.3 Å². The van der Waals surface area contributed by atoms with E-state index >= 15 is 0 Å². The van der Waals surface area contributed by atoms with Crippen molar-refractivity contribution in [2.45, 2.75) is 41.2 Å². The number of rotatable bonds is 8. The number of anilines is 1. The number of nitrogens with zero attached hydrogens (tertiary/aromatic N) is 4. The fourth-order valence-electron chi connectivity index (χ4n) is 2.63. The van der Waals surface area contributed by atoms with Gasteiger partial charge in [-0.3, -0.25) is 9.59 Å². The van der Waals surface area contributed by atoms with Gasteiger partial charge in [-0.15, -0.1) is 5.10 Å². The van der Waals surface area contributed by atoms with Crippen LogP contribution in [0.2, 0.25) is 0 Å². The summed E-state index contributed by atoms with van der Waals surface area (Å²) in [5.41, 5.74) is 2.14. The van der Waals surface area contributed by atoms with Gasteiger partial charge in [-0.05, 0) is 25.5 Å². The fraction of sp³-hybridized carbons (Fsp3) is 0.500. The van der Waals surface area contributed by atoms with Gasteiger partial charge < -0.3 is 10.2 Å². The van der Waals surface area contributed by atoms with Gasteiger partial charge in [0.2, 0.25) is 0 Å². The van der Waals surface area contributed by atoms with E-state index < -0.39 is 5.41 Å². The number of hydrogen-bond donors (Lipinski definition) is 1.